The van der Waals surface area contributed by atoms with E-state index >= 15 is 0 Å². The molecule has 1 aromatic heterocycles. The number of hydrogen-bond donors (Lipinski definition) is 2. The second-order valence-electron chi connectivity index (χ2n) is 4.93. The van der Waals surface area contributed by atoms with E-state index in [9.17, 15) is 14.4 Å². The van der Waals surface area contributed by atoms with Crippen molar-refractivity contribution < 1.29 is 14.4 Å². The Bertz CT molecular complexity index is 594. The zero-order valence-electron chi connectivity index (χ0n) is 10.9. The van der Waals surface area contributed by atoms with Gasteiger partial charge in [-0.1, -0.05) is 11.6 Å². The molecule has 0 saturated carbocycles. The second-order valence-corrected chi connectivity index (χ2v) is 5.32. The normalized spacial score (nSPS) is 17.9. The van der Waals surface area contributed by atoms with Crippen LogP contribution in [0.4, 0.5) is 5.82 Å². The highest BCUT2D eigenvalue weighted by atomic mass is 35.5. The van der Waals surface area contributed by atoms with E-state index in [1.54, 1.807) is 13.8 Å². The molecule has 2 rings (SSSR count). The number of nitrogens with zero attached hydrogens (tertiary/aromatic N) is 2. The fraction of sp³-hybridized carbons (Fsp3) is 0.333. The van der Waals surface area contributed by atoms with E-state index in [-0.39, 0.29) is 23.1 Å². The molecule has 1 fully saturated rings. The number of nitrogen functional groups attached to an aromatic ring is 1. The monoisotopic (exact) mass is 296 g/mol. The largest absolute Gasteiger partial charge is 0.384 e. The molecule has 1 aromatic rings. The van der Waals surface area contributed by atoms with Crippen LogP contribution in [0, 0.1) is 0 Å². The minimum Gasteiger partial charge on any atom is -0.384 e. The number of hydrogen-bond acceptors (Lipinski definition) is 5. The molecule has 1 saturated heterocycles. The molecule has 0 spiro atoms. The summed E-state index contributed by atoms with van der Waals surface area (Å²) in [6, 6.07) is 2.69. The fourth-order valence-electron chi connectivity index (χ4n) is 1.91. The molecule has 0 aliphatic carbocycles. The average Bonchev–Trinajstić information content (AvgIpc) is 2.32. The molecule has 0 aromatic carbocycles. The molecular formula is C12H13ClN4O3. The summed E-state index contributed by atoms with van der Waals surface area (Å²) in [6.45, 7) is 2.90. The molecular weight excluding hydrogens is 284 g/mol. The third kappa shape index (κ3) is 2.44. The smallest absolute Gasteiger partial charge is 0.255 e. The number of nitrogens with two attached hydrogens (primary N) is 1. The second kappa shape index (κ2) is 4.75. The van der Waals surface area contributed by atoms with Crippen LogP contribution >= 0.6 is 11.6 Å². The molecule has 3 N–H and O–H groups in total. The van der Waals surface area contributed by atoms with Gasteiger partial charge in [-0.25, -0.2) is 4.98 Å². The van der Waals surface area contributed by atoms with Crippen LogP contribution in [0.5, 0.6) is 0 Å². The standard InChI is InChI=1S/C12H13ClN4O3/c1-12(2)11(20)16-9(18)5-17(12)10(19)6-3-7(13)15-8(14)4-6/h3-4H,5H2,1-2H3,(H2,14,15)(H,16,18,20). The maximum atomic E-state index is 12.5. The van der Waals surface area contributed by atoms with Gasteiger partial charge in [-0.3, -0.25) is 19.7 Å². The van der Waals surface area contributed by atoms with Crippen LogP contribution in [0.15, 0.2) is 12.1 Å². The number of pyridine rings is 1. The van der Waals surface area contributed by atoms with Crippen molar-refractivity contribution in [2.45, 2.75) is 19.4 Å². The third-order valence-corrected chi connectivity index (χ3v) is 3.28. The van der Waals surface area contributed by atoms with E-state index in [2.05, 4.69) is 10.3 Å². The molecule has 0 unspecified atom stereocenters. The van der Waals surface area contributed by atoms with Gasteiger partial charge in [-0.05, 0) is 26.0 Å². The number of piperazine rings is 1. The summed E-state index contributed by atoms with van der Waals surface area (Å²) in [4.78, 5) is 40.7. The van der Waals surface area contributed by atoms with Crippen LogP contribution in [0.2, 0.25) is 5.15 Å². The van der Waals surface area contributed by atoms with Gasteiger partial charge >= 0.3 is 0 Å². The van der Waals surface area contributed by atoms with Crippen LogP contribution in [0.3, 0.4) is 0 Å². The van der Waals surface area contributed by atoms with E-state index in [4.69, 9.17) is 17.3 Å². The summed E-state index contributed by atoms with van der Waals surface area (Å²) in [5.74, 6) is -1.48. The maximum absolute atomic E-state index is 12.5. The van der Waals surface area contributed by atoms with Gasteiger partial charge in [-0.2, -0.15) is 0 Å². The summed E-state index contributed by atoms with van der Waals surface area (Å²) >= 11 is 5.75. The SMILES string of the molecule is CC1(C)C(=O)NC(=O)CN1C(=O)c1cc(N)nc(Cl)c1. The zero-order chi connectivity index (χ0) is 15.1. The van der Waals surface area contributed by atoms with Gasteiger partial charge in [0.15, 0.2) is 0 Å². The lowest BCUT2D eigenvalue weighted by Gasteiger charge is -2.40. The Labute approximate surface area is 120 Å². The number of imide groups is 1. The van der Waals surface area contributed by atoms with Crippen molar-refractivity contribution in [3.63, 3.8) is 0 Å². The van der Waals surface area contributed by atoms with Crippen molar-refractivity contribution in [3.8, 4) is 0 Å². The van der Waals surface area contributed by atoms with Gasteiger partial charge in [0.2, 0.25) is 5.91 Å². The van der Waals surface area contributed by atoms with Crippen molar-refractivity contribution in [2.75, 3.05) is 12.3 Å². The highest BCUT2D eigenvalue weighted by Crippen LogP contribution is 2.22. The Morgan fingerprint density at radius 3 is 2.70 bits per heavy atom. The summed E-state index contributed by atoms with van der Waals surface area (Å²) in [5, 5.41) is 2.26. The first-order chi connectivity index (χ1) is 9.21. The maximum Gasteiger partial charge on any atom is 0.255 e. The Hall–Kier alpha value is -2.15. The van der Waals surface area contributed by atoms with Gasteiger partial charge in [0.05, 0.1) is 0 Å². The lowest BCUT2D eigenvalue weighted by Crippen LogP contribution is -2.65. The van der Waals surface area contributed by atoms with E-state index in [1.165, 1.54) is 17.0 Å². The van der Waals surface area contributed by atoms with Gasteiger partial charge < -0.3 is 10.6 Å². The first kappa shape index (κ1) is 14.3. The van der Waals surface area contributed by atoms with Crippen molar-refractivity contribution in [1.29, 1.82) is 0 Å². The summed E-state index contributed by atoms with van der Waals surface area (Å²) in [7, 11) is 0. The lowest BCUT2D eigenvalue weighted by atomic mass is 9.97. The summed E-state index contributed by atoms with van der Waals surface area (Å²) in [5.41, 5.74) is 4.57. The van der Waals surface area contributed by atoms with E-state index in [0.717, 1.165) is 0 Å². The fourth-order valence-corrected chi connectivity index (χ4v) is 2.12. The van der Waals surface area contributed by atoms with Crippen molar-refractivity contribution in [2.24, 2.45) is 0 Å². The summed E-state index contributed by atoms with van der Waals surface area (Å²) < 4.78 is 0. The number of rotatable bonds is 1. The minimum absolute atomic E-state index is 0.0685. The number of halogens is 1. The molecule has 106 valence electrons. The molecule has 20 heavy (non-hydrogen) atoms. The first-order valence-electron chi connectivity index (χ1n) is 5.81. The lowest BCUT2D eigenvalue weighted by molar-refractivity contribution is -0.143. The average molecular weight is 297 g/mol. The predicted molar refractivity (Wildman–Crippen MR) is 71.9 cm³/mol. The molecule has 8 heteroatoms. The Kier molecular flexibility index (Phi) is 3.39. The number of nitrogens with one attached hydrogen (secondary N) is 1. The number of carbonyl (C=O) groups is 3. The topological polar surface area (TPSA) is 105 Å². The summed E-state index contributed by atoms with van der Waals surface area (Å²) in [6.07, 6.45) is 0. The number of anilines is 1. The number of aromatic nitrogens is 1. The zero-order valence-corrected chi connectivity index (χ0v) is 11.7. The van der Waals surface area contributed by atoms with Gasteiger partial charge in [-0.15, -0.1) is 0 Å². The highest BCUT2D eigenvalue weighted by Gasteiger charge is 2.43. The molecule has 0 bridgehead atoms. The van der Waals surface area contributed by atoms with E-state index < -0.39 is 23.3 Å². The van der Waals surface area contributed by atoms with Crippen molar-refractivity contribution in [3.05, 3.63) is 22.8 Å². The first-order valence-corrected chi connectivity index (χ1v) is 6.19. The van der Waals surface area contributed by atoms with Crippen LogP contribution in [-0.2, 0) is 9.59 Å². The van der Waals surface area contributed by atoms with Crippen LogP contribution in [0.1, 0.15) is 24.2 Å². The third-order valence-electron chi connectivity index (χ3n) is 3.09. The molecule has 0 radical (unpaired) electrons. The van der Waals surface area contributed by atoms with E-state index in [0.29, 0.717) is 0 Å². The highest BCUT2D eigenvalue weighted by molar-refractivity contribution is 6.30. The van der Waals surface area contributed by atoms with Gasteiger partial charge in [0.1, 0.15) is 23.1 Å². The molecule has 7 nitrogen and oxygen atoms in total. The quantitative estimate of drug-likeness (QED) is 0.569. The minimum atomic E-state index is -1.14. The molecule has 1 aliphatic rings. The van der Waals surface area contributed by atoms with E-state index in [1.807, 2.05) is 0 Å². The van der Waals surface area contributed by atoms with Crippen molar-refractivity contribution in [1.82, 2.24) is 15.2 Å². The molecule has 1 aliphatic heterocycles. The van der Waals surface area contributed by atoms with Crippen LogP contribution in [-0.4, -0.2) is 39.7 Å². The number of amides is 3. The number of carbonyl (C=O) groups excluding carboxylic acids is 3. The molecule has 3 amide bonds. The van der Waals surface area contributed by atoms with Crippen LogP contribution < -0.4 is 11.1 Å². The Morgan fingerprint density at radius 1 is 1.45 bits per heavy atom. The molecule has 2 heterocycles. The van der Waals surface area contributed by atoms with Crippen LogP contribution in [0.25, 0.3) is 0 Å². The van der Waals surface area contributed by atoms with Crippen molar-refractivity contribution >= 4 is 35.1 Å². The Balaban J connectivity index is 2.40. The van der Waals surface area contributed by atoms with Gasteiger partial charge in [0.25, 0.3) is 11.8 Å². The van der Waals surface area contributed by atoms with Gasteiger partial charge in [0, 0.05) is 5.56 Å². The predicted octanol–water partition coefficient (Wildman–Crippen LogP) is 0.194. The molecule has 0 atom stereocenters. The Morgan fingerprint density at radius 2 is 2.10 bits per heavy atom.